The van der Waals surface area contributed by atoms with E-state index in [1.54, 1.807) is 6.07 Å². The van der Waals surface area contributed by atoms with E-state index in [0.29, 0.717) is 48.0 Å². The second-order valence-electron chi connectivity index (χ2n) is 7.89. The largest absolute Gasteiger partial charge is 0.504 e. The highest BCUT2D eigenvalue weighted by molar-refractivity contribution is 5.93. The molecular weight excluding hydrogens is 348 g/mol. The first-order valence-corrected chi connectivity index (χ1v) is 9.51. The molecule has 1 fully saturated rings. The third-order valence-electron chi connectivity index (χ3n) is 4.72. The van der Waals surface area contributed by atoms with Crippen molar-refractivity contribution in [2.75, 3.05) is 7.11 Å². The van der Waals surface area contributed by atoms with E-state index in [4.69, 9.17) is 14.2 Å². The van der Waals surface area contributed by atoms with Gasteiger partial charge in [-0.2, -0.15) is 0 Å². The molecule has 0 aromatic heterocycles. The van der Waals surface area contributed by atoms with Gasteiger partial charge in [0.15, 0.2) is 11.5 Å². The third kappa shape index (κ3) is 4.93. The Kier molecular flexibility index (Phi) is 6.73. The van der Waals surface area contributed by atoms with Gasteiger partial charge in [-0.25, -0.2) is 0 Å². The van der Waals surface area contributed by atoms with Gasteiger partial charge in [-0.15, -0.1) is 0 Å². The van der Waals surface area contributed by atoms with Crippen LogP contribution < -0.4 is 4.74 Å². The maximum Gasteiger partial charge on any atom is 0.320 e. The lowest BCUT2D eigenvalue weighted by atomic mass is 9.88. The van der Waals surface area contributed by atoms with E-state index in [0.717, 1.165) is 6.42 Å². The van der Waals surface area contributed by atoms with E-state index >= 15 is 0 Å². The minimum Gasteiger partial charge on any atom is -0.504 e. The predicted octanol–water partition coefficient (Wildman–Crippen LogP) is 4.07. The number of ether oxygens (including phenoxy) is 3. The van der Waals surface area contributed by atoms with Gasteiger partial charge in [-0.3, -0.25) is 9.59 Å². The number of aromatic hydroxyl groups is 1. The molecule has 0 amide bonds. The Bertz CT molecular complexity index is 676. The zero-order chi connectivity index (χ0) is 20.2. The van der Waals surface area contributed by atoms with Crippen LogP contribution >= 0.6 is 0 Å². The van der Waals surface area contributed by atoms with Gasteiger partial charge < -0.3 is 19.3 Å². The van der Waals surface area contributed by atoms with E-state index in [1.807, 2.05) is 0 Å². The average molecular weight is 378 g/mol. The molecule has 1 N–H and O–H groups in total. The van der Waals surface area contributed by atoms with Gasteiger partial charge in [-0.1, -0.05) is 27.7 Å². The average Bonchev–Trinajstić information content (AvgIpc) is 2.57. The van der Waals surface area contributed by atoms with Gasteiger partial charge in [0, 0.05) is 17.5 Å². The lowest BCUT2D eigenvalue weighted by Crippen LogP contribution is -2.43. The molecule has 0 radical (unpaired) electrons. The number of esters is 2. The lowest BCUT2D eigenvalue weighted by molar-refractivity contribution is -0.253. The van der Waals surface area contributed by atoms with Crippen LogP contribution in [0.25, 0.3) is 0 Å². The van der Waals surface area contributed by atoms with Crippen molar-refractivity contribution < 1.29 is 28.9 Å². The zero-order valence-corrected chi connectivity index (χ0v) is 16.8. The van der Waals surface area contributed by atoms with Crippen LogP contribution in [0, 0.1) is 11.8 Å². The number of carbonyl (C=O) groups is 2. The summed E-state index contributed by atoms with van der Waals surface area (Å²) in [6.07, 6.45) is 2.11. The molecule has 1 aromatic carbocycles. The summed E-state index contributed by atoms with van der Waals surface area (Å²) in [5, 5.41) is 10.2. The van der Waals surface area contributed by atoms with Gasteiger partial charge in [0.25, 0.3) is 5.79 Å². The monoisotopic (exact) mass is 378 g/mol. The molecule has 1 aliphatic rings. The topological polar surface area (TPSA) is 82.1 Å². The van der Waals surface area contributed by atoms with E-state index in [1.165, 1.54) is 13.2 Å². The van der Waals surface area contributed by atoms with Crippen molar-refractivity contribution in [3.8, 4) is 11.5 Å². The molecule has 1 heterocycles. The van der Waals surface area contributed by atoms with Gasteiger partial charge in [0.05, 0.1) is 7.11 Å². The first-order valence-electron chi connectivity index (χ1n) is 9.51. The molecule has 0 spiro atoms. The summed E-state index contributed by atoms with van der Waals surface area (Å²) in [6.45, 7) is 8.31. The maximum atomic E-state index is 12.1. The maximum absolute atomic E-state index is 12.1. The molecule has 27 heavy (non-hydrogen) atoms. The molecule has 2 rings (SSSR count). The number of phenols is 1. The predicted molar refractivity (Wildman–Crippen MR) is 100 cm³/mol. The van der Waals surface area contributed by atoms with Crippen LogP contribution in [-0.2, 0) is 31.3 Å². The summed E-state index contributed by atoms with van der Waals surface area (Å²) in [7, 11) is 1.48. The highest BCUT2D eigenvalue weighted by Crippen LogP contribution is 2.44. The van der Waals surface area contributed by atoms with Crippen LogP contribution in [0.2, 0.25) is 0 Å². The van der Waals surface area contributed by atoms with Crippen molar-refractivity contribution in [1.29, 1.82) is 0 Å². The summed E-state index contributed by atoms with van der Waals surface area (Å²) in [5.41, 5.74) is 1.28. The quantitative estimate of drug-likeness (QED) is 0.542. The number of methoxy groups -OCH3 is 1. The molecule has 0 saturated carbocycles. The Morgan fingerprint density at radius 1 is 1.07 bits per heavy atom. The lowest BCUT2D eigenvalue weighted by Gasteiger charge is -2.38. The minimum absolute atomic E-state index is 0.00692. The zero-order valence-electron chi connectivity index (χ0n) is 16.8. The van der Waals surface area contributed by atoms with Crippen molar-refractivity contribution in [3.05, 3.63) is 23.3 Å². The SMILES string of the molecule is COc1c(O)ccc(C2(CCC(C)C)OC(=O)CC(=O)O2)c1CCC(C)C. The standard InChI is InChI=1S/C21H30O6/c1-13(2)6-7-15-16(8-9-17(22)20(15)25-5)21(11-10-14(3)4)26-18(23)12-19(24)27-21/h8-9,13-14,22H,6-7,10-12H2,1-5H3. The van der Waals surface area contributed by atoms with Crippen LogP contribution in [0.3, 0.4) is 0 Å². The second kappa shape index (κ2) is 8.63. The molecule has 0 unspecified atom stereocenters. The Morgan fingerprint density at radius 2 is 1.67 bits per heavy atom. The molecule has 1 aliphatic heterocycles. The third-order valence-corrected chi connectivity index (χ3v) is 4.72. The van der Waals surface area contributed by atoms with Crippen molar-refractivity contribution in [1.82, 2.24) is 0 Å². The highest BCUT2D eigenvalue weighted by atomic mass is 16.7. The van der Waals surface area contributed by atoms with Crippen LogP contribution in [-0.4, -0.2) is 24.2 Å². The molecule has 0 aliphatic carbocycles. The first kappa shape index (κ1) is 21.1. The normalized spacial score (nSPS) is 16.4. The van der Waals surface area contributed by atoms with Crippen molar-refractivity contribution in [2.45, 2.75) is 65.6 Å². The van der Waals surface area contributed by atoms with Gasteiger partial charge in [-0.05, 0) is 43.2 Å². The Balaban J connectivity index is 2.59. The summed E-state index contributed by atoms with van der Waals surface area (Å²) in [5.74, 6) is -1.59. The minimum atomic E-state index is -1.48. The van der Waals surface area contributed by atoms with Gasteiger partial charge >= 0.3 is 11.9 Å². The molecule has 1 aromatic rings. The summed E-state index contributed by atoms with van der Waals surface area (Å²) in [4.78, 5) is 24.2. The van der Waals surface area contributed by atoms with Crippen LogP contribution in [0.4, 0.5) is 0 Å². The number of hydrogen-bond donors (Lipinski definition) is 1. The fourth-order valence-corrected chi connectivity index (χ4v) is 3.29. The molecule has 6 heteroatoms. The Hall–Kier alpha value is -2.24. The van der Waals surface area contributed by atoms with Crippen LogP contribution in [0.1, 0.15) is 64.5 Å². The fourth-order valence-electron chi connectivity index (χ4n) is 3.29. The van der Waals surface area contributed by atoms with Gasteiger partial charge in [0.1, 0.15) is 6.42 Å². The highest BCUT2D eigenvalue weighted by Gasteiger charge is 2.46. The molecule has 0 atom stereocenters. The summed E-state index contributed by atoms with van der Waals surface area (Å²) < 4.78 is 16.7. The molecule has 1 saturated heterocycles. The van der Waals surface area contributed by atoms with Gasteiger partial charge in [0.2, 0.25) is 0 Å². The number of rotatable bonds is 8. The smallest absolute Gasteiger partial charge is 0.320 e. The number of hydrogen-bond acceptors (Lipinski definition) is 6. The summed E-state index contributed by atoms with van der Waals surface area (Å²) in [6, 6.07) is 3.15. The number of phenolic OH excluding ortho intramolecular Hbond substituents is 1. The first-order chi connectivity index (χ1) is 12.7. The molecule has 0 bridgehead atoms. The molecule has 150 valence electrons. The van der Waals surface area contributed by atoms with E-state index < -0.39 is 17.7 Å². The van der Waals surface area contributed by atoms with E-state index in [-0.39, 0.29) is 12.2 Å². The molecular formula is C21H30O6. The van der Waals surface area contributed by atoms with Crippen LogP contribution in [0.15, 0.2) is 12.1 Å². The van der Waals surface area contributed by atoms with E-state index in [9.17, 15) is 14.7 Å². The Morgan fingerprint density at radius 3 is 2.19 bits per heavy atom. The Labute approximate surface area is 160 Å². The summed E-state index contributed by atoms with van der Waals surface area (Å²) >= 11 is 0. The second-order valence-corrected chi connectivity index (χ2v) is 7.89. The number of benzene rings is 1. The van der Waals surface area contributed by atoms with Crippen molar-refractivity contribution in [3.63, 3.8) is 0 Å². The van der Waals surface area contributed by atoms with Crippen molar-refractivity contribution in [2.24, 2.45) is 11.8 Å². The number of cyclic esters (lactones) is 2. The fraction of sp³-hybridized carbons (Fsp3) is 0.619. The molecule has 6 nitrogen and oxygen atoms in total. The van der Waals surface area contributed by atoms with E-state index in [2.05, 4.69) is 27.7 Å². The number of carbonyl (C=O) groups excluding carboxylic acids is 2. The van der Waals surface area contributed by atoms with Crippen LogP contribution in [0.5, 0.6) is 11.5 Å². The van der Waals surface area contributed by atoms with Crippen molar-refractivity contribution >= 4 is 11.9 Å².